The SMILES string of the molecule is C1CCC([PH+](C2CCCCC2)C2CCCCC2)CC1.Cc1cc(C)c(N2C=CN(Cc3cc(C)cc(C)c3O)[CH-]2)c(C)c1.[Cl][Ru]=[CH]c1ccccc1. The molecule has 3 aliphatic carbocycles. The summed E-state index contributed by atoms with van der Waals surface area (Å²) >= 11 is -0.0765. The quantitative estimate of drug-likeness (QED) is 0.146. The molecule has 0 unspecified atom stereocenters. The third kappa shape index (κ3) is 12.0. The summed E-state index contributed by atoms with van der Waals surface area (Å²) in [6.45, 7) is 13.2. The van der Waals surface area contributed by atoms with Gasteiger partial charge in [0.05, 0.1) is 17.0 Å². The molecule has 1 N–H and O–H groups in total. The maximum absolute atomic E-state index is 10.3. The number of phenolic OH excluding ortho intramolecular Hbond substituents is 1. The number of hydrogen-bond donors (Lipinski definition) is 1. The van der Waals surface area contributed by atoms with Crippen LogP contribution in [0.4, 0.5) is 5.69 Å². The van der Waals surface area contributed by atoms with Crippen LogP contribution in [-0.2, 0) is 22.2 Å². The van der Waals surface area contributed by atoms with E-state index in [0.717, 1.165) is 11.1 Å². The molecule has 0 aromatic heterocycles. The molecule has 3 fully saturated rings. The molecule has 3 nitrogen and oxygen atoms in total. The number of hydrogen-bond acceptors (Lipinski definition) is 3. The molecule has 0 amide bonds. The molecular formula is C46H65ClN2OPRu. The third-order valence-corrected chi connectivity index (χ3v) is 17.4. The van der Waals surface area contributed by atoms with Crippen molar-refractivity contribution in [2.45, 2.75) is 154 Å². The van der Waals surface area contributed by atoms with Crippen molar-refractivity contribution in [2.24, 2.45) is 0 Å². The third-order valence-electron chi connectivity index (χ3n) is 11.6. The Morgan fingerprint density at radius 1 is 0.692 bits per heavy atom. The fourth-order valence-corrected chi connectivity index (χ4v) is 15.7. The zero-order valence-corrected chi connectivity index (χ0v) is 36.1. The first-order chi connectivity index (χ1) is 25.2. The van der Waals surface area contributed by atoms with Gasteiger partial charge in [-0.2, -0.15) is 6.67 Å². The summed E-state index contributed by atoms with van der Waals surface area (Å²) in [4.78, 5) is 4.26. The van der Waals surface area contributed by atoms with E-state index >= 15 is 0 Å². The molecule has 0 atom stereocenters. The second-order valence-electron chi connectivity index (χ2n) is 15.9. The number of benzene rings is 3. The molecule has 3 aromatic carbocycles. The topological polar surface area (TPSA) is 26.7 Å². The molecule has 4 aliphatic rings. The van der Waals surface area contributed by atoms with Crippen molar-refractivity contribution in [1.82, 2.24) is 4.90 Å². The average Bonchev–Trinajstić information content (AvgIpc) is 3.60. The minimum atomic E-state index is -0.0765. The van der Waals surface area contributed by atoms with Crippen molar-refractivity contribution in [3.8, 4) is 5.75 Å². The number of nitrogens with zero attached hydrogens (tertiary/aromatic N) is 2. The molecule has 0 saturated heterocycles. The Kier molecular flexibility index (Phi) is 16.8. The molecule has 1 heterocycles. The Hall–Kier alpha value is -1.99. The van der Waals surface area contributed by atoms with Gasteiger partial charge >= 0.3 is 65.9 Å². The van der Waals surface area contributed by atoms with E-state index in [1.165, 1.54) is 50.5 Å². The summed E-state index contributed by atoms with van der Waals surface area (Å²) < 4.78 is 2.06. The predicted octanol–water partition coefficient (Wildman–Crippen LogP) is 13.1. The molecule has 0 radical (unpaired) electrons. The van der Waals surface area contributed by atoms with Crippen molar-refractivity contribution in [3.63, 3.8) is 0 Å². The second kappa shape index (κ2) is 21.2. The summed E-state index contributed by atoms with van der Waals surface area (Å²) in [6.07, 6.45) is 27.9. The zero-order valence-electron chi connectivity index (χ0n) is 32.6. The van der Waals surface area contributed by atoms with Crippen molar-refractivity contribution in [1.29, 1.82) is 0 Å². The second-order valence-corrected chi connectivity index (χ2v) is 21.2. The summed E-state index contributed by atoms with van der Waals surface area (Å²) in [6, 6.07) is 18.6. The van der Waals surface area contributed by atoms with E-state index in [1.807, 2.05) is 31.2 Å². The summed E-state index contributed by atoms with van der Waals surface area (Å²) in [5.41, 5.74) is 13.0. The standard InChI is InChI=1S/C21H25N2O.C18H33P.C7H6.ClH.Ru/c1-14-8-16(3)20(17(4)9-14)23-7-6-22(13-23)12-19-11-15(2)10-18(5)21(19)24;1-4-10-16(11-5-1)19(17-12-6-2-7-13-17)18-14-8-3-9-15-18;1-7-5-3-2-4-6-7;;/h6-11,13,24H,12H2,1-5H3;16-18H,1-15H2;1-6H;1H;/q-1;;;;+1. The van der Waals surface area contributed by atoms with Gasteiger partial charge in [0.25, 0.3) is 0 Å². The summed E-state index contributed by atoms with van der Waals surface area (Å²) in [5.74, 6) is 0.392. The average molecular weight is 830 g/mol. The van der Waals surface area contributed by atoms with E-state index in [-0.39, 0.29) is 23.6 Å². The van der Waals surface area contributed by atoms with E-state index < -0.39 is 0 Å². The first-order valence-corrected chi connectivity index (χ1v) is 25.1. The van der Waals surface area contributed by atoms with Crippen LogP contribution in [-0.4, -0.2) is 31.6 Å². The predicted molar refractivity (Wildman–Crippen MR) is 226 cm³/mol. The number of phenols is 1. The normalized spacial score (nSPS) is 18.9. The fraction of sp³-hybridized carbons (Fsp3) is 0.522. The van der Waals surface area contributed by atoms with Crippen LogP contribution < -0.4 is 4.90 Å². The van der Waals surface area contributed by atoms with Gasteiger partial charge in [-0.25, -0.2) is 0 Å². The van der Waals surface area contributed by atoms with Gasteiger partial charge in [-0.3, -0.25) is 0 Å². The van der Waals surface area contributed by atoms with Gasteiger partial charge in [-0.1, -0.05) is 54.7 Å². The number of halogens is 1. The van der Waals surface area contributed by atoms with Gasteiger partial charge in [-0.15, -0.1) is 0 Å². The zero-order chi connectivity index (χ0) is 36.9. The Bertz CT molecular complexity index is 1530. The Labute approximate surface area is 329 Å². The Balaban J connectivity index is 0.000000166. The van der Waals surface area contributed by atoms with Gasteiger partial charge in [0.1, 0.15) is 5.75 Å². The van der Waals surface area contributed by atoms with E-state index in [0.29, 0.717) is 12.3 Å². The van der Waals surface area contributed by atoms with Gasteiger partial charge in [-0.05, 0) is 141 Å². The van der Waals surface area contributed by atoms with Crippen LogP contribution in [0, 0.1) is 41.3 Å². The van der Waals surface area contributed by atoms with Crippen LogP contribution in [0.1, 0.15) is 135 Å². The van der Waals surface area contributed by atoms with E-state index in [2.05, 4.69) is 91.5 Å². The molecule has 0 spiro atoms. The van der Waals surface area contributed by atoms with Crippen molar-refractivity contribution >= 4 is 27.9 Å². The van der Waals surface area contributed by atoms with Gasteiger partial charge in [0, 0.05) is 25.7 Å². The first-order valence-electron chi connectivity index (χ1n) is 20.1. The minimum absolute atomic E-state index is 0.0465. The van der Waals surface area contributed by atoms with E-state index in [9.17, 15) is 5.11 Å². The molecule has 0 bridgehead atoms. The van der Waals surface area contributed by atoms with Gasteiger partial charge in [0.2, 0.25) is 0 Å². The van der Waals surface area contributed by atoms with Crippen LogP contribution in [0.25, 0.3) is 0 Å². The molecule has 7 rings (SSSR count). The first kappa shape index (κ1) is 41.2. The Morgan fingerprint density at radius 2 is 1.17 bits per heavy atom. The van der Waals surface area contributed by atoms with Crippen molar-refractivity contribution < 1.29 is 20.8 Å². The van der Waals surface area contributed by atoms with Gasteiger partial charge < -0.3 is 14.9 Å². The molecular weight excluding hydrogens is 764 g/mol. The number of rotatable bonds is 7. The van der Waals surface area contributed by atoms with Crippen molar-refractivity contribution in [3.05, 3.63) is 113 Å². The monoisotopic (exact) mass is 829 g/mol. The molecule has 3 aromatic rings. The van der Waals surface area contributed by atoms with Crippen LogP contribution in [0.15, 0.2) is 67.0 Å². The van der Waals surface area contributed by atoms with Crippen LogP contribution in [0.2, 0.25) is 0 Å². The summed E-state index contributed by atoms with van der Waals surface area (Å²) in [5, 5.41) is 10.3. The summed E-state index contributed by atoms with van der Waals surface area (Å²) in [7, 11) is 5.52. The van der Waals surface area contributed by atoms with Gasteiger partial charge in [0.15, 0.2) is 0 Å². The Morgan fingerprint density at radius 3 is 1.67 bits per heavy atom. The van der Waals surface area contributed by atoms with Crippen LogP contribution in [0.5, 0.6) is 5.75 Å². The number of aromatic hydroxyl groups is 1. The van der Waals surface area contributed by atoms with Crippen LogP contribution in [0.3, 0.4) is 0 Å². The molecule has 3 saturated carbocycles. The molecule has 6 heteroatoms. The number of anilines is 1. The van der Waals surface area contributed by atoms with E-state index in [4.69, 9.17) is 9.69 Å². The van der Waals surface area contributed by atoms with Crippen molar-refractivity contribution in [2.75, 3.05) is 4.90 Å². The molecule has 1 aliphatic heterocycles. The van der Waals surface area contributed by atoms with Crippen LogP contribution >= 0.6 is 17.6 Å². The molecule has 52 heavy (non-hydrogen) atoms. The van der Waals surface area contributed by atoms with E-state index in [1.54, 1.807) is 96.3 Å². The fourth-order valence-electron chi connectivity index (χ4n) is 9.44. The maximum atomic E-state index is 10.3. The molecule has 285 valence electrons. The number of aryl methyl sites for hydroxylation is 5.